The molecule has 2 aromatic carbocycles. The molecule has 152 valence electrons. The molecule has 1 amide bonds. The van der Waals surface area contributed by atoms with Crippen LogP contribution in [-0.2, 0) is 11.3 Å². The molecule has 0 radical (unpaired) electrons. The lowest BCUT2D eigenvalue weighted by atomic mass is 9.97. The summed E-state index contributed by atoms with van der Waals surface area (Å²) in [5, 5.41) is 5.95. The van der Waals surface area contributed by atoms with E-state index in [0.29, 0.717) is 18.1 Å². The Morgan fingerprint density at radius 1 is 1.17 bits per heavy atom. The van der Waals surface area contributed by atoms with Crippen LogP contribution in [0.4, 0.5) is 0 Å². The van der Waals surface area contributed by atoms with Crippen molar-refractivity contribution >= 4 is 21.8 Å². The number of amides is 1. The fourth-order valence-corrected chi connectivity index (χ4v) is 4.19. The molecular weight excluding hydrogens is 446 g/mol. The van der Waals surface area contributed by atoms with Gasteiger partial charge in [0.15, 0.2) is 0 Å². The predicted molar refractivity (Wildman–Crippen MR) is 114 cm³/mol. The van der Waals surface area contributed by atoms with E-state index in [-0.39, 0.29) is 24.5 Å². The number of halogens is 1. The molecule has 1 N–H and O–H groups in total. The van der Waals surface area contributed by atoms with E-state index in [2.05, 4.69) is 50.6 Å². The van der Waals surface area contributed by atoms with Crippen LogP contribution < -0.4 is 5.43 Å². The molecule has 1 saturated heterocycles. The topological polar surface area (TPSA) is 74.5 Å². The number of aromatic nitrogens is 2. The maximum atomic E-state index is 13.1. The van der Waals surface area contributed by atoms with E-state index in [1.807, 2.05) is 47.6 Å². The number of aryl methyl sites for hydroxylation is 1. The number of rotatable bonds is 4. The summed E-state index contributed by atoms with van der Waals surface area (Å²) < 4.78 is 6.37. The minimum absolute atomic E-state index is 0.0180. The Morgan fingerprint density at radius 3 is 2.77 bits per heavy atom. The third-order valence-electron chi connectivity index (χ3n) is 5.51. The number of benzene rings is 2. The highest BCUT2D eigenvalue weighted by atomic mass is 79.9. The van der Waals surface area contributed by atoms with Gasteiger partial charge in [0.25, 0.3) is 5.91 Å². The van der Waals surface area contributed by atoms with E-state index >= 15 is 0 Å². The molecule has 0 aliphatic carbocycles. The van der Waals surface area contributed by atoms with E-state index in [0.717, 1.165) is 10.0 Å². The summed E-state index contributed by atoms with van der Waals surface area (Å²) in [6, 6.07) is 15.8. The maximum absolute atomic E-state index is 13.1. The number of fused-ring (bicyclic) bond motifs is 1. The Morgan fingerprint density at radius 2 is 1.97 bits per heavy atom. The van der Waals surface area contributed by atoms with Gasteiger partial charge in [-0.05, 0) is 48.7 Å². The molecule has 2 aliphatic rings. The van der Waals surface area contributed by atoms with Gasteiger partial charge in [0, 0.05) is 22.4 Å². The fraction of sp³-hybridized carbons (Fsp3) is 0.227. The monoisotopic (exact) mass is 465 g/mol. The zero-order chi connectivity index (χ0) is 20.7. The second-order valence-electron chi connectivity index (χ2n) is 7.48. The molecule has 7 nitrogen and oxygen atoms in total. The molecule has 2 aliphatic heterocycles. The van der Waals surface area contributed by atoms with Crippen molar-refractivity contribution in [1.82, 2.24) is 25.5 Å². The van der Waals surface area contributed by atoms with Gasteiger partial charge in [-0.3, -0.25) is 4.79 Å². The largest absolute Gasteiger partial charge is 0.337 e. The molecule has 0 spiro atoms. The summed E-state index contributed by atoms with van der Waals surface area (Å²) in [6.45, 7) is 2.34. The number of carbonyl (C=O) groups excluding carboxylic acids is 1. The Labute approximate surface area is 182 Å². The second kappa shape index (κ2) is 7.70. The van der Waals surface area contributed by atoms with E-state index in [1.54, 1.807) is 11.1 Å². The lowest BCUT2D eigenvalue weighted by Crippen LogP contribution is -2.47. The van der Waals surface area contributed by atoms with Crippen molar-refractivity contribution in [2.24, 2.45) is 0 Å². The minimum Gasteiger partial charge on any atom is -0.337 e. The number of hydrogen-bond acceptors (Lipinski definition) is 6. The summed E-state index contributed by atoms with van der Waals surface area (Å²) in [6.07, 6.45) is 4.37. The average Bonchev–Trinajstić information content (AvgIpc) is 3.39. The van der Waals surface area contributed by atoms with Crippen LogP contribution in [0.1, 0.15) is 29.5 Å². The summed E-state index contributed by atoms with van der Waals surface area (Å²) in [5.41, 5.74) is 6.74. The third kappa shape index (κ3) is 3.53. The van der Waals surface area contributed by atoms with Crippen LogP contribution in [0.25, 0.3) is 11.4 Å². The lowest BCUT2D eigenvalue weighted by Gasteiger charge is -2.30. The van der Waals surface area contributed by atoms with Gasteiger partial charge < -0.3 is 14.4 Å². The standard InChI is InChI=1S/C22H20BrN5O2/c1-14-4-2-3-5-17(14)18-12-19-22(29)27(10-11-28(19)25-18)13-20-24-21(26-30-20)15-6-8-16(23)9-7-15/h2-11,18-19,25H,12-13H2,1H3. The molecule has 30 heavy (non-hydrogen) atoms. The minimum atomic E-state index is -0.256. The highest BCUT2D eigenvalue weighted by Gasteiger charge is 2.40. The van der Waals surface area contributed by atoms with Gasteiger partial charge in [0.2, 0.25) is 11.7 Å². The van der Waals surface area contributed by atoms with E-state index < -0.39 is 0 Å². The first-order valence-corrected chi connectivity index (χ1v) is 10.5. The lowest BCUT2D eigenvalue weighted by molar-refractivity contribution is -0.135. The van der Waals surface area contributed by atoms with Gasteiger partial charge >= 0.3 is 0 Å². The number of nitrogens with one attached hydrogen (secondary N) is 1. The molecular formula is C22H20BrN5O2. The first kappa shape index (κ1) is 19.0. The highest BCUT2D eigenvalue weighted by Crippen LogP contribution is 2.32. The highest BCUT2D eigenvalue weighted by molar-refractivity contribution is 9.10. The molecule has 3 heterocycles. The molecule has 0 bridgehead atoms. The van der Waals surface area contributed by atoms with E-state index in [1.165, 1.54) is 11.1 Å². The Bertz CT molecular complexity index is 1110. The number of nitrogens with zero attached hydrogens (tertiary/aromatic N) is 4. The van der Waals surface area contributed by atoms with Crippen molar-refractivity contribution in [2.75, 3.05) is 0 Å². The second-order valence-corrected chi connectivity index (χ2v) is 8.40. The van der Waals surface area contributed by atoms with Gasteiger partial charge in [-0.25, -0.2) is 5.43 Å². The van der Waals surface area contributed by atoms with Crippen LogP contribution in [0.3, 0.4) is 0 Å². The van der Waals surface area contributed by atoms with Crippen molar-refractivity contribution < 1.29 is 9.32 Å². The molecule has 2 atom stereocenters. The zero-order valence-electron chi connectivity index (χ0n) is 16.3. The number of hydrogen-bond donors (Lipinski definition) is 1. The molecule has 5 rings (SSSR count). The van der Waals surface area contributed by atoms with Crippen molar-refractivity contribution in [3.8, 4) is 11.4 Å². The molecule has 1 fully saturated rings. The molecule has 2 unspecified atom stereocenters. The quantitative estimate of drug-likeness (QED) is 0.628. The Hall–Kier alpha value is -2.97. The van der Waals surface area contributed by atoms with Crippen LogP contribution in [0.15, 0.2) is 69.9 Å². The van der Waals surface area contributed by atoms with E-state index in [9.17, 15) is 4.79 Å². The smallest absolute Gasteiger partial charge is 0.251 e. The van der Waals surface area contributed by atoms with Crippen molar-refractivity contribution in [3.05, 3.63) is 82.4 Å². The molecule has 1 aromatic heterocycles. The van der Waals surface area contributed by atoms with Crippen molar-refractivity contribution in [3.63, 3.8) is 0 Å². The summed E-state index contributed by atoms with van der Waals surface area (Å²) in [4.78, 5) is 19.2. The van der Waals surface area contributed by atoms with Gasteiger partial charge in [-0.1, -0.05) is 45.4 Å². The van der Waals surface area contributed by atoms with Gasteiger partial charge in [0.1, 0.15) is 12.6 Å². The van der Waals surface area contributed by atoms with Crippen LogP contribution in [-0.4, -0.2) is 32.0 Å². The molecule has 3 aromatic rings. The first-order valence-electron chi connectivity index (χ1n) is 9.76. The van der Waals surface area contributed by atoms with Crippen LogP contribution in [0, 0.1) is 6.92 Å². The van der Waals surface area contributed by atoms with Crippen LogP contribution in [0.2, 0.25) is 0 Å². The average molecular weight is 466 g/mol. The predicted octanol–water partition coefficient (Wildman–Crippen LogP) is 3.94. The molecule has 0 saturated carbocycles. The first-order chi connectivity index (χ1) is 14.6. The third-order valence-corrected chi connectivity index (χ3v) is 6.04. The number of hydrazine groups is 1. The van der Waals surface area contributed by atoms with Gasteiger partial charge in [-0.15, -0.1) is 0 Å². The fourth-order valence-electron chi connectivity index (χ4n) is 3.93. The summed E-state index contributed by atoms with van der Waals surface area (Å²) >= 11 is 3.42. The van der Waals surface area contributed by atoms with Gasteiger partial charge in [0.05, 0.1) is 6.04 Å². The molecule has 8 heteroatoms. The van der Waals surface area contributed by atoms with Crippen LogP contribution >= 0.6 is 15.9 Å². The van der Waals surface area contributed by atoms with Crippen molar-refractivity contribution in [1.29, 1.82) is 0 Å². The SMILES string of the molecule is Cc1ccccc1C1CC2C(=O)N(Cc3nc(-c4ccc(Br)cc4)no3)C=CN2N1. The normalized spacial score (nSPS) is 20.7. The number of carbonyl (C=O) groups is 1. The Kier molecular flexibility index (Phi) is 4.88. The summed E-state index contributed by atoms with van der Waals surface area (Å²) in [7, 11) is 0. The Balaban J connectivity index is 1.29. The van der Waals surface area contributed by atoms with Crippen molar-refractivity contribution in [2.45, 2.75) is 32.0 Å². The maximum Gasteiger partial charge on any atom is 0.251 e. The van der Waals surface area contributed by atoms with Crippen LogP contribution in [0.5, 0.6) is 0 Å². The van der Waals surface area contributed by atoms with E-state index in [4.69, 9.17) is 4.52 Å². The summed E-state index contributed by atoms with van der Waals surface area (Å²) in [5.74, 6) is 0.931. The van der Waals surface area contributed by atoms with Gasteiger partial charge in [-0.2, -0.15) is 4.98 Å². The zero-order valence-corrected chi connectivity index (χ0v) is 17.9.